The molecule has 0 aliphatic rings. The van der Waals surface area contributed by atoms with E-state index in [0.717, 1.165) is 0 Å². The lowest BCUT2D eigenvalue weighted by atomic mass is 10.4. The van der Waals surface area contributed by atoms with Crippen molar-refractivity contribution < 1.29 is 4.74 Å². The van der Waals surface area contributed by atoms with Gasteiger partial charge in [-0.15, -0.1) is 0 Å². The van der Waals surface area contributed by atoms with Crippen LogP contribution < -0.4 is 5.73 Å². The maximum Gasteiger partial charge on any atom is 0.136 e. The van der Waals surface area contributed by atoms with Gasteiger partial charge in [0.2, 0.25) is 0 Å². The van der Waals surface area contributed by atoms with Crippen LogP contribution >= 0.6 is 0 Å². The van der Waals surface area contributed by atoms with Gasteiger partial charge in [0.15, 0.2) is 0 Å². The molecule has 0 atom stereocenters. The normalized spacial score (nSPS) is 11.0. The Morgan fingerprint density at radius 1 is 1.75 bits per heavy atom. The van der Waals surface area contributed by atoms with Gasteiger partial charge in [-0.2, -0.15) is 0 Å². The summed E-state index contributed by atoms with van der Waals surface area (Å²) in [7, 11) is 1.56. The van der Waals surface area contributed by atoms with Gasteiger partial charge in [-0.25, -0.2) is 0 Å². The zero-order valence-corrected chi connectivity index (χ0v) is 5.27. The van der Waals surface area contributed by atoms with Crippen LogP contribution in [0.4, 0.5) is 0 Å². The van der Waals surface area contributed by atoms with Gasteiger partial charge in [0.1, 0.15) is 5.76 Å². The molecule has 0 saturated heterocycles. The number of rotatable bonds is 2. The lowest BCUT2D eigenvalue weighted by Crippen LogP contribution is -1.99. The van der Waals surface area contributed by atoms with Crippen molar-refractivity contribution in [3.63, 3.8) is 0 Å². The molecule has 0 aromatic rings. The second-order valence-electron chi connectivity index (χ2n) is 1.38. The fourth-order valence-electron chi connectivity index (χ4n) is 0.434. The number of ether oxygens (including phenoxy) is 1. The van der Waals surface area contributed by atoms with Gasteiger partial charge >= 0.3 is 0 Å². The van der Waals surface area contributed by atoms with Crippen LogP contribution in [0, 0.1) is 0 Å². The molecule has 0 spiro atoms. The summed E-state index contributed by atoms with van der Waals surface area (Å²) in [5, 5.41) is 0. The van der Waals surface area contributed by atoms with Crippen molar-refractivity contribution in [3.8, 4) is 0 Å². The van der Waals surface area contributed by atoms with E-state index < -0.39 is 0 Å². The van der Waals surface area contributed by atoms with Crippen molar-refractivity contribution in [3.05, 3.63) is 24.1 Å². The molecule has 0 amide bonds. The zero-order valence-electron chi connectivity index (χ0n) is 5.27. The molecular weight excluding hydrogens is 102 g/mol. The Hall–Kier alpha value is -0.920. The molecule has 2 N–H and O–H groups in total. The van der Waals surface area contributed by atoms with E-state index in [1.165, 1.54) is 0 Å². The minimum absolute atomic E-state index is 0.468. The minimum Gasteiger partial charge on any atom is -0.495 e. The topological polar surface area (TPSA) is 35.2 Å². The van der Waals surface area contributed by atoms with Crippen LogP contribution in [0.15, 0.2) is 24.1 Å². The van der Waals surface area contributed by atoms with E-state index in [1.807, 2.05) is 6.92 Å². The Bertz CT molecular complexity index is 116. The van der Waals surface area contributed by atoms with Gasteiger partial charge in [-0.05, 0) is 13.0 Å². The Morgan fingerprint density at radius 2 is 2.25 bits per heavy atom. The molecule has 0 radical (unpaired) electrons. The molecule has 2 heteroatoms. The summed E-state index contributed by atoms with van der Waals surface area (Å²) in [6.45, 7) is 5.33. The summed E-state index contributed by atoms with van der Waals surface area (Å²) in [5.74, 6) is 0.644. The molecule has 0 aromatic carbocycles. The summed E-state index contributed by atoms with van der Waals surface area (Å²) in [4.78, 5) is 0. The van der Waals surface area contributed by atoms with Crippen LogP contribution in [0.5, 0.6) is 0 Å². The van der Waals surface area contributed by atoms with Crippen molar-refractivity contribution in [2.75, 3.05) is 7.11 Å². The third-order valence-corrected chi connectivity index (χ3v) is 0.799. The van der Waals surface area contributed by atoms with Crippen LogP contribution in [-0.4, -0.2) is 7.11 Å². The van der Waals surface area contributed by atoms with Crippen LogP contribution in [-0.2, 0) is 4.74 Å². The zero-order chi connectivity index (χ0) is 6.57. The highest BCUT2D eigenvalue weighted by atomic mass is 16.5. The maximum atomic E-state index is 5.27. The van der Waals surface area contributed by atoms with Crippen molar-refractivity contribution in [1.29, 1.82) is 0 Å². The number of nitrogens with two attached hydrogens (primary N) is 1. The highest BCUT2D eigenvalue weighted by Crippen LogP contribution is 1.99. The smallest absolute Gasteiger partial charge is 0.136 e. The number of hydrogen-bond donors (Lipinski definition) is 1. The standard InChI is InChI=1S/C6H11NO/c1-4-6(8-3)5(2)7/h4H,2,7H2,1,3H3/b6-4+. The lowest BCUT2D eigenvalue weighted by Gasteiger charge is -2.01. The van der Waals surface area contributed by atoms with Gasteiger partial charge in [0.05, 0.1) is 12.8 Å². The van der Waals surface area contributed by atoms with Gasteiger partial charge in [0.25, 0.3) is 0 Å². The third kappa shape index (κ3) is 1.69. The third-order valence-electron chi connectivity index (χ3n) is 0.799. The SMILES string of the molecule is C=C(N)/C(=C\C)OC. The fraction of sp³-hybridized carbons (Fsp3) is 0.333. The monoisotopic (exact) mass is 113 g/mol. The molecule has 0 saturated carbocycles. The van der Waals surface area contributed by atoms with Crippen LogP contribution in [0.1, 0.15) is 6.92 Å². The second-order valence-corrected chi connectivity index (χ2v) is 1.38. The molecule has 0 bridgehead atoms. The predicted molar refractivity (Wildman–Crippen MR) is 34.1 cm³/mol. The highest BCUT2D eigenvalue weighted by Gasteiger charge is 1.90. The molecular formula is C6H11NO. The van der Waals surface area contributed by atoms with Crippen molar-refractivity contribution in [2.24, 2.45) is 5.73 Å². The first-order chi connectivity index (χ1) is 3.72. The van der Waals surface area contributed by atoms with Gasteiger partial charge in [-0.3, -0.25) is 0 Å². The lowest BCUT2D eigenvalue weighted by molar-refractivity contribution is 0.299. The van der Waals surface area contributed by atoms with E-state index in [2.05, 4.69) is 6.58 Å². The number of hydrogen-bond acceptors (Lipinski definition) is 2. The first-order valence-electron chi connectivity index (χ1n) is 2.37. The van der Waals surface area contributed by atoms with Gasteiger partial charge in [-0.1, -0.05) is 6.58 Å². The highest BCUT2D eigenvalue weighted by molar-refractivity contribution is 5.17. The maximum absolute atomic E-state index is 5.27. The molecule has 46 valence electrons. The Morgan fingerprint density at radius 3 is 2.25 bits per heavy atom. The molecule has 0 rings (SSSR count). The first-order valence-corrected chi connectivity index (χ1v) is 2.37. The largest absolute Gasteiger partial charge is 0.495 e. The second kappa shape index (κ2) is 3.13. The van der Waals surface area contributed by atoms with E-state index >= 15 is 0 Å². The Labute approximate surface area is 49.6 Å². The Kier molecular flexibility index (Phi) is 2.77. The molecule has 0 unspecified atom stereocenters. The first kappa shape index (κ1) is 7.08. The molecule has 0 fully saturated rings. The summed E-state index contributed by atoms with van der Waals surface area (Å²) in [5.41, 5.74) is 5.74. The van der Waals surface area contributed by atoms with Crippen LogP contribution in [0.3, 0.4) is 0 Å². The number of allylic oxidation sites excluding steroid dienone is 1. The van der Waals surface area contributed by atoms with E-state index in [9.17, 15) is 0 Å². The van der Waals surface area contributed by atoms with Gasteiger partial charge in [0, 0.05) is 0 Å². The average Bonchev–Trinajstić information content (AvgIpc) is 1.69. The van der Waals surface area contributed by atoms with E-state index in [0.29, 0.717) is 11.5 Å². The quantitative estimate of drug-likeness (QED) is 0.428. The summed E-state index contributed by atoms with van der Waals surface area (Å²) < 4.78 is 4.80. The van der Waals surface area contributed by atoms with E-state index in [-0.39, 0.29) is 0 Å². The van der Waals surface area contributed by atoms with Crippen LogP contribution in [0.25, 0.3) is 0 Å². The minimum atomic E-state index is 0.468. The van der Waals surface area contributed by atoms with Crippen molar-refractivity contribution >= 4 is 0 Å². The van der Waals surface area contributed by atoms with E-state index in [1.54, 1.807) is 13.2 Å². The molecule has 0 aromatic heterocycles. The fourth-order valence-corrected chi connectivity index (χ4v) is 0.434. The molecule has 0 aliphatic carbocycles. The Balaban J connectivity index is 3.92. The summed E-state index contributed by atoms with van der Waals surface area (Å²) >= 11 is 0. The van der Waals surface area contributed by atoms with E-state index in [4.69, 9.17) is 10.5 Å². The average molecular weight is 113 g/mol. The van der Waals surface area contributed by atoms with Crippen molar-refractivity contribution in [2.45, 2.75) is 6.92 Å². The molecule has 0 heterocycles. The van der Waals surface area contributed by atoms with Crippen molar-refractivity contribution in [1.82, 2.24) is 0 Å². The summed E-state index contributed by atoms with van der Waals surface area (Å²) in [6, 6.07) is 0. The van der Waals surface area contributed by atoms with Gasteiger partial charge < -0.3 is 10.5 Å². The predicted octanol–water partition coefficient (Wildman–Crippen LogP) is 1.01. The summed E-state index contributed by atoms with van der Waals surface area (Å²) in [6.07, 6.45) is 1.77. The van der Waals surface area contributed by atoms with Crippen LogP contribution in [0.2, 0.25) is 0 Å². The number of methoxy groups -OCH3 is 1. The molecule has 2 nitrogen and oxygen atoms in total. The molecule has 8 heavy (non-hydrogen) atoms. The molecule has 0 aliphatic heterocycles.